The van der Waals surface area contributed by atoms with Gasteiger partial charge in [0.15, 0.2) is 11.5 Å². The smallest absolute Gasteiger partial charge is 0.308 e. The van der Waals surface area contributed by atoms with E-state index in [0.29, 0.717) is 11.5 Å². The molecule has 74 valence electrons. The van der Waals surface area contributed by atoms with Gasteiger partial charge in [0.05, 0.1) is 7.11 Å². The Labute approximate surface area is 83.0 Å². The van der Waals surface area contributed by atoms with Crippen LogP contribution in [-0.4, -0.2) is 13.1 Å². The first-order chi connectivity index (χ1) is 6.67. The van der Waals surface area contributed by atoms with Crippen LogP contribution in [0.4, 0.5) is 0 Å². The van der Waals surface area contributed by atoms with E-state index < -0.39 is 0 Å². The Morgan fingerprint density at radius 2 is 2.14 bits per heavy atom. The molecule has 1 aromatic carbocycles. The van der Waals surface area contributed by atoms with Crippen LogP contribution in [0, 0.1) is 0 Å². The number of rotatable bonds is 3. The van der Waals surface area contributed by atoms with Crippen molar-refractivity contribution in [3.63, 3.8) is 0 Å². The predicted molar refractivity (Wildman–Crippen MR) is 54.4 cm³/mol. The topological polar surface area (TPSA) is 35.5 Å². The van der Waals surface area contributed by atoms with Crippen LogP contribution in [0.5, 0.6) is 11.5 Å². The maximum absolute atomic E-state index is 10.7. The number of carbonyl (C=O) groups is 1. The second kappa shape index (κ2) is 4.46. The molecule has 3 nitrogen and oxygen atoms in total. The fourth-order valence-electron chi connectivity index (χ4n) is 1.05. The number of carbonyl (C=O) groups excluding carboxylic acids is 1. The molecule has 0 aliphatic heterocycles. The van der Waals surface area contributed by atoms with Gasteiger partial charge in [0, 0.05) is 6.92 Å². The monoisotopic (exact) mass is 192 g/mol. The van der Waals surface area contributed by atoms with E-state index in [1.165, 1.54) is 14.0 Å². The number of hydrogen-bond acceptors (Lipinski definition) is 3. The molecule has 14 heavy (non-hydrogen) atoms. The molecule has 0 amide bonds. The summed E-state index contributed by atoms with van der Waals surface area (Å²) < 4.78 is 10.0. The lowest BCUT2D eigenvalue weighted by Crippen LogP contribution is -2.02. The molecule has 0 atom stereocenters. The quantitative estimate of drug-likeness (QED) is 0.544. The minimum absolute atomic E-state index is 0.366. The molecule has 0 bridgehead atoms. The summed E-state index contributed by atoms with van der Waals surface area (Å²) in [6.45, 7) is 4.98. The molecule has 0 radical (unpaired) electrons. The molecule has 0 saturated heterocycles. The van der Waals surface area contributed by atoms with E-state index in [4.69, 9.17) is 9.47 Å². The molecular formula is C11H12O3. The van der Waals surface area contributed by atoms with Gasteiger partial charge in [-0.3, -0.25) is 4.79 Å². The van der Waals surface area contributed by atoms with Crippen molar-refractivity contribution in [1.82, 2.24) is 0 Å². The Bertz CT molecular complexity index is 356. The maximum atomic E-state index is 10.7. The highest BCUT2D eigenvalue weighted by molar-refractivity contribution is 5.70. The summed E-state index contributed by atoms with van der Waals surface area (Å²) in [5, 5.41) is 0. The summed E-state index contributed by atoms with van der Waals surface area (Å²) >= 11 is 0. The third-order valence-corrected chi connectivity index (χ3v) is 1.68. The van der Waals surface area contributed by atoms with Gasteiger partial charge in [-0.05, 0) is 17.7 Å². The number of hydrogen-bond donors (Lipinski definition) is 0. The van der Waals surface area contributed by atoms with Crippen LogP contribution in [0.2, 0.25) is 0 Å². The molecule has 0 spiro atoms. The Hall–Kier alpha value is -1.77. The lowest BCUT2D eigenvalue weighted by Gasteiger charge is -2.08. The van der Waals surface area contributed by atoms with Gasteiger partial charge in [0.1, 0.15) is 0 Å². The van der Waals surface area contributed by atoms with E-state index in [9.17, 15) is 4.79 Å². The molecule has 0 saturated carbocycles. The summed E-state index contributed by atoms with van der Waals surface area (Å²) in [5.41, 5.74) is 0.915. The van der Waals surface area contributed by atoms with Crippen molar-refractivity contribution in [3.05, 3.63) is 30.3 Å². The number of methoxy groups -OCH3 is 1. The lowest BCUT2D eigenvalue weighted by atomic mass is 10.2. The summed E-state index contributed by atoms with van der Waals surface area (Å²) in [4.78, 5) is 10.7. The van der Waals surface area contributed by atoms with Gasteiger partial charge in [-0.15, -0.1) is 0 Å². The van der Waals surface area contributed by atoms with Crippen LogP contribution in [-0.2, 0) is 4.79 Å². The van der Waals surface area contributed by atoms with Crippen molar-refractivity contribution in [2.45, 2.75) is 6.92 Å². The van der Waals surface area contributed by atoms with Crippen molar-refractivity contribution in [2.75, 3.05) is 7.11 Å². The van der Waals surface area contributed by atoms with Crippen LogP contribution < -0.4 is 9.47 Å². The van der Waals surface area contributed by atoms with Crippen LogP contribution in [0.15, 0.2) is 24.8 Å². The molecule has 0 aromatic heterocycles. The predicted octanol–water partition coefficient (Wildman–Crippen LogP) is 2.26. The van der Waals surface area contributed by atoms with Gasteiger partial charge in [0.25, 0.3) is 0 Å². The zero-order chi connectivity index (χ0) is 10.6. The SMILES string of the molecule is C=Cc1ccc(OC(C)=O)c(OC)c1. The Kier molecular flexibility index (Phi) is 3.29. The molecule has 0 unspecified atom stereocenters. The first-order valence-corrected chi connectivity index (χ1v) is 4.16. The maximum Gasteiger partial charge on any atom is 0.308 e. The molecule has 0 heterocycles. The van der Waals surface area contributed by atoms with E-state index in [1.807, 2.05) is 0 Å². The summed E-state index contributed by atoms with van der Waals surface area (Å²) in [6.07, 6.45) is 1.69. The van der Waals surface area contributed by atoms with Gasteiger partial charge >= 0.3 is 5.97 Å². The molecule has 3 heteroatoms. The summed E-state index contributed by atoms with van der Waals surface area (Å²) in [7, 11) is 1.52. The van der Waals surface area contributed by atoms with Crippen LogP contribution in [0.25, 0.3) is 6.08 Å². The normalized spacial score (nSPS) is 9.29. The minimum Gasteiger partial charge on any atom is -0.493 e. The first kappa shape index (κ1) is 10.3. The fourth-order valence-corrected chi connectivity index (χ4v) is 1.05. The molecule has 0 N–H and O–H groups in total. The van der Waals surface area contributed by atoms with Crippen molar-refractivity contribution < 1.29 is 14.3 Å². The second-order valence-electron chi connectivity index (χ2n) is 2.71. The van der Waals surface area contributed by atoms with Gasteiger partial charge < -0.3 is 9.47 Å². The lowest BCUT2D eigenvalue weighted by molar-refractivity contribution is -0.132. The Morgan fingerprint density at radius 3 is 2.64 bits per heavy atom. The van der Waals surface area contributed by atoms with E-state index in [-0.39, 0.29) is 5.97 Å². The van der Waals surface area contributed by atoms with Gasteiger partial charge in [0.2, 0.25) is 0 Å². The molecule has 1 rings (SSSR count). The summed E-state index contributed by atoms with van der Waals surface area (Å²) in [6, 6.07) is 5.23. The fraction of sp³-hybridized carbons (Fsp3) is 0.182. The Morgan fingerprint density at radius 1 is 1.43 bits per heavy atom. The standard InChI is InChI=1S/C11H12O3/c1-4-9-5-6-10(14-8(2)12)11(7-9)13-3/h4-7H,1H2,2-3H3. The van der Waals surface area contributed by atoms with Gasteiger partial charge in [-0.1, -0.05) is 18.7 Å². The highest BCUT2D eigenvalue weighted by atomic mass is 16.6. The van der Waals surface area contributed by atoms with Crippen LogP contribution in [0.3, 0.4) is 0 Å². The van der Waals surface area contributed by atoms with Crippen molar-refractivity contribution in [1.29, 1.82) is 0 Å². The van der Waals surface area contributed by atoms with E-state index in [2.05, 4.69) is 6.58 Å². The summed E-state index contributed by atoms with van der Waals surface area (Å²) in [5.74, 6) is 0.581. The second-order valence-corrected chi connectivity index (χ2v) is 2.71. The van der Waals surface area contributed by atoms with Crippen LogP contribution >= 0.6 is 0 Å². The zero-order valence-corrected chi connectivity index (χ0v) is 8.24. The van der Waals surface area contributed by atoms with E-state index in [1.54, 1.807) is 24.3 Å². The third kappa shape index (κ3) is 2.36. The van der Waals surface area contributed by atoms with Gasteiger partial charge in [-0.2, -0.15) is 0 Å². The number of benzene rings is 1. The largest absolute Gasteiger partial charge is 0.493 e. The van der Waals surface area contributed by atoms with Gasteiger partial charge in [-0.25, -0.2) is 0 Å². The average Bonchev–Trinajstić information content (AvgIpc) is 2.17. The van der Waals surface area contributed by atoms with E-state index >= 15 is 0 Å². The highest BCUT2D eigenvalue weighted by Crippen LogP contribution is 2.28. The molecule has 0 aliphatic rings. The third-order valence-electron chi connectivity index (χ3n) is 1.68. The zero-order valence-electron chi connectivity index (χ0n) is 8.24. The van der Waals surface area contributed by atoms with Crippen molar-refractivity contribution in [3.8, 4) is 11.5 Å². The van der Waals surface area contributed by atoms with Crippen molar-refractivity contribution in [2.24, 2.45) is 0 Å². The minimum atomic E-state index is -0.366. The Balaban J connectivity index is 3.04. The molecular weight excluding hydrogens is 180 g/mol. The number of esters is 1. The highest BCUT2D eigenvalue weighted by Gasteiger charge is 2.06. The van der Waals surface area contributed by atoms with Crippen molar-refractivity contribution >= 4 is 12.0 Å². The molecule has 0 fully saturated rings. The van der Waals surface area contributed by atoms with Crippen LogP contribution in [0.1, 0.15) is 12.5 Å². The van der Waals surface area contributed by atoms with E-state index in [0.717, 1.165) is 5.56 Å². The first-order valence-electron chi connectivity index (χ1n) is 4.16. The molecule has 1 aromatic rings. The number of ether oxygens (including phenoxy) is 2. The molecule has 0 aliphatic carbocycles. The average molecular weight is 192 g/mol.